The van der Waals surface area contributed by atoms with Crippen LogP contribution in [0.2, 0.25) is 0 Å². The van der Waals surface area contributed by atoms with E-state index in [1.54, 1.807) is 0 Å². The summed E-state index contributed by atoms with van der Waals surface area (Å²) in [6.07, 6.45) is 0. The average Bonchev–Trinajstić information content (AvgIpc) is 2.73. The van der Waals surface area contributed by atoms with E-state index in [-0.39, 0.29) is 6.04 Å². The maximum atomic E-state index is 5.75. The first-order valence-electron chi connectivity index (χ1n) is 5.11. The SMILES string of the molecule is Cc1nsc(NC(CN)c2ccccc2)n1. The van der Waals surface area contributed by atoms with Crippen LogP contribution in [0.5, 0.6) is 0 Å². The van der Waals surface area contributed by atoms with E-state index < -0.39 is 0 Å². The summed E-state index contributed by atoms with van der Waals surface area (Å²) in [6.45, 7) is 2.41. The van der Waals surface area contributed by atoms with Crippen molar-refractivity contribution >= 4 is 16.7 Å². The minimum Gasteiger partial charge on any atom is -0.352 e. The Morgan fingerprint density at radius 2 is 2.12 bits per heavy atom. The lowest BCUT2D eigenvalue weighted by Gasteiger charge is -2.15. The Hall–Kier alpha value is -1.46. The average molecular weight is 234 g/mol. The van der Waals surface area contributed by atoms with E-state index in [1.165, 1.54) is 11.5 Å². The van der Waals surface area contributed by atoms with Crippen LogP contribution in [0.1, 0.15) is 17.4 Å². The highest BCUT2D eigenvalue weighted by Gasteiger charge is 2.10. The molecule has 0 bridgehead atoms. The van der Waals surface area contributed by atoms with Gasteiger partial charge in [0.25, 0.3) is 0 Å². The van der Waals surface area contributed by atoms with Gasteiger partial charge in [-0.15, -0.1) is 0 Å². The molecule has 0 aliphatic carbocycles. The smallest absolute Gasteiger partial charge is 0.203 e. The molecule has 16 heavy (non-hydrogen) atoms. The molecule has 84 valence electrons. The zero-order valence-electron chi connectivity index (χ0n) is 9.05. The summed E-state index contributed by atoms with van der Waals surface area (Å²) in [7, 11) is 0. The molecule has 1 aromatic carbocycles. The van der Waals surface area contributed by atoms with Crippen LogP contribution in [0.15, 0.2) is 30.3 Å². The third kappa shape index (κ3) is 2.56. The van der Waals surface area contributed by atoms with Crippen LogP contribution in [0.25, 0.3) is 0 Å². The van der Waals surface area contributed by atoms with Crippen LogP contribution in [-0.4, -0.2) is 15.9 Å². The van der Waals surface area contributed by atoms with Crippen molar-refractivity contribution in [1.29, 1.82) is 0 Å². The highest BCUT2D eigenvalue weighted by Crippen LogP contribution is 2.19. The monoisotopic (exact) mass is 234 g/mol. The van der Waals surface area contributed by atoms with Crippen LogP contribution in [0.3, 0.4) is 0 Å². The fraction of sp³-hybridized carbons (Fsp3) is 0.273. The zero-order chi connectivity index (χ0) is 11.4. The molecule has 2 aromatic rings. The van der Waals surface area contributed by atoms with E-state index in [0.717, 1.165) is 16.5 Å². The van der Waals surface area contributed by atoms with Gasteiger partial charge in [0.15, 0.2) is 0 Å². The van der Waals surface area contributed by atoms with Crippen molar-refractivity contribution < 1.29 is 0 Å². The Morgan fingerprint density at radius 1 is 1.38 bits per heavy atom. The van der Waals surface area contributed by atoms with Gasteiger partial charge in [0.05, 0.1) is 6.04 Å². The van der Waals surface area contributed by atoms with E-state index >= 15 is 0 Å². The number of nitrogens with one attached hydrogen (secondary N) is 1. The van der Waals surface area contributed by atoms with E-state index in [0.29, 0.717) is 6.54 Å². The second-order valence-electron chi connectivity index (χ2n) is 3.49. The maximum Gasteiger partial charge on any atom is 0.203 e. The molecule has 0 amide bonds. The Kier molecular flexibility index (Phi) is 3.48. The number of anilines is 1. The molecule has 1 heterocycles. The Morgan fingerprint density at radius 3 is 2.69 bits per heavy atom. The molecule has 0 saturated carbocycles. The highest BCUT2D eigenvalue weighted by molar-refractivity contribution is 7.09. The van der Waals surface area contributed by atoms with Crippen molar-refractivity contribution in [2.75, 3.05) is 11.9 Å². The molecule has 2 rings (SSSR count). The molecule has 0 fully saturated rings. The Bertz CT molecular complexity index is 440. The van der Waals surface area contributed by atoms with Crippen LogP contribution >= 0.6 is 11.5 Å². The first kappa shape index (κ1) is 11.0. The van der Waals surface area contributed by atoms with Crippen molar-refractivity contribution in [1.82, 2.24) is 9.36 Å². The molecule has 0 aliphatic heterocycles. The summed E-state index contributed by atoms with van der Waals surface area (Å²) in [4.78, 5) is 4.26. The summed E-state index contributed by atoms with van der Waals surface area (Å²) < 4.78 is 4.12. The lowest BCUT2D eigenvalue weighted by atomic mass is 10.1. The van der Waals surface area contributed by atoms with E-state index in [4.69, 9.17) is 5.73 Å². The standard InChI is InChI=1S/C11H14N4S/c1-8-13-11(16-15-8)14-10(7-12)9-5-3-2-4-6-9/h2-6,10H,7,12H2,1H3,(H,13,14,15). The lowest BCUT2D eigenvalue weighted by Crippen LogP contribution is -2.20. The highest BCUT2D eigenvalue weighted by atomic mass is 32.1. The molecule has 4 nitrogen and oxygen atoms in total. The van der Waals surface area contributed by atoms with Crippen LogP contribution < -0.4 is 11.1 Å². The van der Waals surface area contributed by atoms with E-state index in [9.17, 15) is 0 Å². The maximum absolute atomic E-state index is 5.75. The quantitative estimate of drug-likeness (QED) is 0.848. The Labute approximate surface area is 98.7 Å². The molecule has 3 N–H and O–H groups in total. The van der Waals surface area contributed by atoms with Gasteiger partial charge in [-0.2, -0.15) is 4.37 Å². The number of nitrogens with zero attached hydrogens (tertiary/aromatic N) is 2. The number of benzene rings is 1. The zero-order valence-corrected chi connectivity index (χ0v) is 9.87. The van der Waals surface area contributed by atoms with Gasteiger partial charge in [-0.3, -0.25) is 0 Å². The van der Waals surface area contributed by atoms with Gasteiger partial charge in [-0.25, -0.2) is 4.98 Å². The number of nitrogens with two attached hydrogens (primary N) is 1. The summed E-state index contributed by atoms with van der Waals surface area (Å²) in [5.74, 6) is 0.788. The summed E-state index contributed by atoms with van der Waals surface area (Å²) >= 11 is 1.36. The fourth-order valence-corrected chi connectivity index (χ4v) is 2.10. The second kappa shape index (κ2) is 5.05. The third-order valence-corrected chi connectivity index (χ3v) is 3.00. The second-order valence-corrected chi connectivity index (χ2v) is 4.24. The number of aromatic nitrogens is 2. The van der Waals surface area contributed by atoms with Crippen molar-refractivity contribution in [2.24, 2.45) is 5.73 Å². The molecule has 1 atom stereocenters. The topological polar surface area (TPSA) is 63.8 Å². The molecule has 0 saturated heterocycles. The van der Waals surface area contributed by atoms with Gasteiger partial charge in [0.2, 0.25) is 5.13 Å². The number of hydrogen-bond donors (Lipinski definition) is 2. The number of rotatable bonds is 4. The first-order valence-corrected chi connectivity index (χ1v) is 5.89. The summed E-state index contributed by atoms with van der Waals surface area (Å²) in [5.41, 5.74) is 6.92. The minimum absolute atomic E-state index is 0.0912. The van der Waals surface area contributed by atoms with Gasteiger partial charge >= 0.3 is 0 Å². The molecule has 1 unspecified atom stereocenters. The lowest BCUT2D eigenvalue weighted by molar-refractivity contribution is 0.788. The third-order valence-electron chi connectivity index (χ3n) is 2.26. The predicted molar refractivity (Wildman–Crippen MR) is 66.5 cm³/mol. The summed E-state index contributed by atoms with van der Waals surface area (Å²) in [6, 6.07) is 10.2. The van der Waals surface area contributed by atoms with E-state index in [2.05, 4.69) is 26.8 Å². The molecule has 1 aromatic heterocycles. The normalized spacial score (nSPS) is 12.4. The van der Waals surface area contributed by atoms with Gasteiger partial charge in [0, 0.05) is 18.1 Å². The van der Waals surface area contributed by atoms with Crippen molar-refractivity contribution in [3.63, 3.8) is 0 Å². The van der Waals surface area contributed by atoms with Crippen molar-refractivity contribution in [2.45, 2.75) is 13.0 Å². The van der Waals surface area contributed by atoms with Gasteiger partial charge in [-0.05, 0) is 12.5 Å². The van der Waals surface area contributed by atoms with Gasteiger partial charge in [-0.1, -0.05) is 30.3 Å². The van der Waals surface area contributed by atoms with E-state index in [1.807, 2.05) is 25.1 Å². The number of aryl methyl sites for hydroxylation is 1. The van der Waals surface area contributed by atoms with Crippen molar-refractivity contribution in [3.8, 4) is 0 Å². The van der Waals surface area contributed by atoms with Crippen LogP contribution in [0, 0.1) is 6.92 Å². The molecular formula is C11H14N4S. The van der Waals surface area contributed by atoms with Gasteiger partial charge < -0.3 is 11.1 Å². The molecular weight excluding hydrogens is 220 g/mol. The molecule has 0 aliphatic rings. The molecule has 0 spiro atoms. The van der Waals surface area contributed by atoms with Gasteiger partial charge in [0.1, 0.15) is 5.82 Å². The first-order chi connectivity index (χ1) is 7.79. The van der Waals surface area contributed by atoms with Crippen molar-refractivity contribution in [3.05, 3.63) is 41.7 Å². The van der Waals surface area contributed by atoms with Crippen LogP contribution in [0.4, 0.5) is 5.13 Å². The van der Waals surface area contributed by atoms with Crippen LogP contribution in [-0.2, 0) is 0 Å². The molecule has 5 heteroatoms. The predicted octanol–water partition coefficient (Wildman–Crippen LogP) is 1.96. The largest absolute Gasteiger partial charge is 0.352 e. The fourth-order valence-electron chi connectivity index (χ4n) is 1.47. The number of hydrogen-bond acceptors (Lipinski definition) is 5. The Balaban J connectivity index is 2.12. The minimum atomic E-state index is 0.0912. The summed E-state index contributed by atoms with van der Waals surface area (Å²) in [5, 5.41) is 4.10. The molecule has 0 radical (unpaired) electrons.